The molecule has 0 radical (unpaired) electrons. The van der Waals surface area contributed by atoms with Crippen molar-refractivity contribution in [3.63, 3.8) is 0 Å². The topological polar surface area (TPSA) is 55.6 Å². The largest absolute Gasteiger partial charge is 0.364 e. The lowest BCUT2D eigenvalue weighted by atomic mass is 10.1. The maximum Gasteiger partial charge on any atom is 0.226 e. The van der Waals surface area contributed by atoms with E-state index in [2.05, 4.69) is 58.4 Å². The van der Waals surface area contributed by atoms with Gasteiger partial charge in [-0.3, -0.25) is 0 Å². The highest BCUT2D eigenvalue weighted by atomic mass is 35.5. The minimum absolute atomic E-state index is 0.204. The molecular formula is C15H16ClN5. The standard InChI is InChI=1S/C15H16ClN5/c1-3-21-9-18-14-12(21)13(19-15(16)20-14)17-8-11-6-4-10(2)5-7-11/h4-7,9H,3,8H2,1-2H3,(H,17,19,20). The Bertz CT molecular complexity index is 764. The number of aryl methyl sites for hydroxylation is 2. The van der Waals surface area contributed by atoms with Gasteiger partial charge >= 0.3 is 0 Å². The van der Waals surface area contributed by atoms with Crippen molar-refractivity contribution in [1.29, 1.82) is 0 Å². The number of hydrogen-bond acceptors (Lipinski definition) is 4. The quantitative estimate of drug-likeness (QED) is 0.750. The predicted molar refractivity (Wildman–Crippen MR) is 84.5 cm³/mol. The van der Waals surface area contributed by atoms with Crippen LogP contribution < -0.4 is 5.32 Å². The molecule has 21 heavy (non-hydrogen) atoms. The van der Waals surface area contributed by atoms with E-state index in [9.17, 15) is 0 Å². The number of nitrogens with one attached hydrogen (secondary N) is 1. The molecule has 3 rings (SSSR count). The average Bonchev–Trinajstić information content (AvgIpc) is 2.89. The Morgan fingerprint density at radius 3 is 2.67 bits per heavy atom. The smallest absolute Gasteiger partial charge is 0.226 e. The fraction of sp³-hybridized carbons (Fsp3) is 0.267. The van der Waals surface area contributed by atoms with E-state index in [1.165, 1.54) is 11.1 Å². The molecule has 1 aromatic carbocycles. The predicted octanol–water partition coefficient (Wildman–Crippen LogP) is 3.42. The molecule has 0 amide bonds. The molecule has 0 bridgehead atoms. The SMILES string of the molecule is CCn1cnc2nc(Cl)nc(NCc3ccc(C)cc3)c21. The summed E-state index contributed by atoms with van der Waals surface area (Å²) in [6.07, 6.45) is 1.76. The van der Waals surface area contributed by atoms with Crippen LogP contribution in [0.4, 0.5) is 5.82 Å². The first-order valence-electron chi connectivity index (χ1n) is 6.85. The Hall–Kier alpha value is -2.14. The van der Waals surface area contributed by atoms with Gasteiger partial charge in [-0.1, -0.05) is 29.8 Å². The molecule has 0 aliphatic carbocycles. The van der Waals surface area contributed by atoms with Crippen molar-refractivity contribution in [1.82, 2.24) is 19.5 Å². The summed E-state index contributed by atoms with van der Waals surface area (Å²) in [5, 5.41) is 3.53. The minimum Gasteiger partial charge on any atom is -0.364 e. The van der Waals surface area contributed by atoms with Gasteiger partial charge in [-0.2, -0.15) is 9.97 Å². The third-order valence-corrected chi connectivity index (χ3v) is 3.54. The van der Waals surface area contributed by atoms with Crippen molar-refractivity contribution < 1.29 is 0 Å². The first kappa shape index (κ1) is 13.8. The first-order valence-corrected chi connectivity index (χ1v) is 7.23. The molecule has 2 aromatic heterocycles. The van der Waals surface area contributed by atoms with E-state index in [1.807, 2.05) is 4.57 Å². The molecule has 2 heterocycles. The number of halogens is 1. The Morgan fingerprint density at radius 1 is 1.19 bits per heavy atom. The van der Waals surface area contributed by atoms with Gasteiger partial charge in [-0.05, 0) is 31.0 Å². The first-order chi connectivity index (χ1) is 10.2. The lowest BCUT2D eigenvalue weighted by Crippen LogP contribution is -2.05. The van der Waals surface area contributed by atoms with Gasteiger partial charge in [0.1, 0.15) is 5.52 Å². The second kappa shape index (κ2) is 5.69. The maximum atomic E-state index is 5.97. The van der Waals surface area contributed by atoms with Gasteiger partial charge < -0.3 is 9.88 Å². The summed E-state index contributed by atoms with van der Waals surface area (Å²) < 4.78 is 2.00. The van der Waals surface area contributed by atoms with Gasteiger partial charge in [0.15, 0.2) is 11.5 Å². The molecule has 0 atom stereocenters. The Kier molecular flexibility index (Phi) is 3.75. The number of imidazole rings is 1. The molecule has 0 fully saturated rings. The van der Waals surface area contributed by atoms with Crippen molar-refractivity contribution >= 4 is 28.6 Å². The summed E-state index contributed by atoms with van der Waals surface area (Å²) in [5.74, 6) is 0.713. The summed E-state index contributed by atoms with van der Waals surface area (Å²) in [6, 6.07) is 8.38. The average molecular weight is 302 g/mol. The molecule has 3 aromatic rings. The van der Waals surface area contributed by atoms with Crippen LogP contribution in [0.1, 0.15) is 18.1 Å². The fourth-order valence-electron chi connectivity index (χ4n) is 2.21. The Labute approximate surface area is 128 Å². The third-order valence-electron chi connectivity index (χ3n) is 3.37. The molecule has 6 heteroatoms. The lowest BCUT2D eigenvalue weighted by molar-refractivity contribution is 0.785. The van der Waals surface area contributed by atoms with Gasteiger partial charge in [0.25, 0.3) is 0 Å². The number of benzene rings is 1. The van der Waals surface area contributed by atoms with Crippen LogP contribution in [-0.2, 0) is 13.1 Å². The van der Waals surface area contributed by atoms with Crippen molar-refractivity contribution in [2.24, 2.45) is 0 Å². The molecule has 0 unspecified atom stereocenters. The second-order valence-electron chi connectivity index (χ2n) is 4.88. The number of anilines is 1. The van der Waals surface area contributed by atoms with Gasteiger partial charge in [0.05, 0.1) is 6.33 Å². The van der Waals surface area contributed by atoms with Gasteiger partial charge in [0.2, 0.25) is 5.28 Å². The number of aromatic nitrogens is 4. The van der Waals surface area contributed by atoms with Crippen LogP contribution in [0.5, 0.6) is 0 Å². The van der Waals surface area contributed by atoms with E-state index >= 15 is 0 Å². The van der Waals surface area contributed by atoms with Gasteiger partial charge in [-0.25, -0.2) is 4.98 Å². The molecule has 108 valence electrons. The van der Waals surface area contributed by atoms with E-state index in [1.54, 1.807) is 6.33 Å². The summed E-state index contributed by atoms with van der Waals surface area (Å²) in [5.41, 5.74) is 3.93. The molecule has 0 aliphatic rings. The van der Waals surface area contributed by atoms with Crippen LogP contribution in [0.25, 0.3) is 11.2 Å². The number of fused-ring (bicyclic) bond motifs is 1. The maximum absolute atomic E-state index is 5.97. The van der Waals surface area contributed by atoms with E-state index in [4.69, 9.17) is 11.6 Å². The van der Waals surface area contributed by atoms with E-state index < -0.39 is 0 Å². The van der Waals surface area contributed by atoms with Crippen LogP contribution in [0.3, 0.4) is 0 Å². The molecular weight excluding hydrogens is 286 g/mol. The number of nitrogens with zero attached hydrogens (tertiary/aromatic N) is 4. The highest BCUT2D eigenvalue weighted by Crippen LogP contribution is 2.22. The molecule has 0 saturated heterocycles. The van der Waals surface area contributed by atoms with E-state index in [0.717, 1.165) is 12.1 Å². The summed E-state index contributed by atoms with van der Waals surface area (Å²) in [6.45, 7) is 5.61. The zero-order valence-electron chi connectivity index (χ0n) is 12.0. The van der Waals surface area contributed by atoms with Crippen molar-refractivity contribution in [3.8, 4) is 0 Å². The summed E-state index contributed by atoms with van der Waals surface area (Å²) in [4.78, 5) is 12.7. The van der Waals surface area contributed by atoms with Crippen LogP contribution in [0, 0.1) is 6.92 Å². The van der Waals surface area contributed by atoms with Crippen LogP contribution in [-0.4, -0.2) is 19.5 Å². The second-order valence-corrected chi connectivity index (χ2v) is 5.22. The van der Waals surface area contributed by atoms with Crippen LogP contribution >= 0.6 is 11.6 Å². The zero-order valence-corrected chi connectivity index (χ0v) is 12.7. The normalized spacial score (nSPS) is 11.0. The Balaban J connectivity index is 1.92. The van der Waals surface area contributed by atoms with Crippen molar-refractivity contribution in [2.75, 3.05) is 5.32 Å². The lowest BCUT2D eigenvalue weighted by Gasteiger charge is -2.09. The van der Waals surface area contributed by atoms with Crippen molar-refractivity contribution in [3.05, 3.63) is 47.0 Å². The zero-order chi connectivity index (χ0) is 14.8. The number of rotatable bonds is 4. The third kappa shape index (κ3) is 2.83. The van der Waals surface area contributed by atoms with Gasteiger partial charge in [-0.15, -0.1) is 0 Å². The molecule has 0 aliphatic heterocycles. The minimum atomic E-state index is 0.204. The van der Waals surface area contributed by atoms with E-state index in [-0.39, 0.29) is 5.28 Å². The highest BCUT2D eigenvalue weighted by molar-refractivity contribution is 6.28. The highest BCUT2D eigenvalue weighted by Gasteiger charge is 2.12. The van der Waals surface area contributed by atoms with E-state index in [0.29, 0.717) is 18.0 Å². The van der Waals surface area contributed by atoms with Gasteiger partial charge in [0, 0.05) is 13.1 Å². The monoisotopic (exact) mass is 301 g/mol. The molecule has 5 nitrogen and oxygen atoms in total. The summed E-state index contributed by atoms with van der Waals surface area (Å²) in [7, 11) is 0. The molecule has 1 N–H and O–H groups in total. The fourth-order valence-corrected chi connectivity index (χ4v) is 2.37. The van der Waals surface area contributed by atoms with Crippen molar-refractivity contribution in [2.45, 2.75) is 26.9 Å². The number of hydrogen-bond donors (Lipinski definition) is 1. The van der Waals surface area contributed by atoms with Crippen LogP contribution in [0.15, 0.2) is 30.6 Å². The van der Waals surface area contributed by atoms with Crippen LogP contribution in [0.2, 0.25) is 5.28 Å². The molecule has 0 saturated carbocycles. The summed E-state index contributed by atoms with van der Waals surface area (Å²) >= 11 is 5.97. The Morgan fingerprint density at radius 2 is 1.95 bits per heavy atom. The molecule has 0 spiro atoms.